The van der Waals surface area contributed by atoms with Crippen molar-refractivity contribution >= 4 is 5.91 Å². The number of nitrogens with zero attached hydrogens (tertiary/aromatic N) is 1. The average molecular weight is 303 g/mol. The number of aliphatic hydroxyl groups is 1. The van der Waals surface area contributed by atoms with E-state index in [2.05, 4.69) is 6.08 Å². The van der Waals surface area contributed by atoms with Crippen molar-refractivity contribution in [1.29, 1.82) is 0 Å². The first-order chi connectivity index (χ1) is 10.7. The lowest BCUT2D eigenvalue weighted by molar-refractivity contribution is -0.131. The second-order valence-electron chi connectivity index (χ2n) is 6.44. The van der Waals surface area contributed by atoms with Crippen LogP contribution in [0.4, 0.5) is 0 Å². The van der Waals surface area contributed by atoms with Crippen LogP contribution in [0.15, 0.2) is 34.5 Å². The molecule has 2 atom stereocenters. The van der Waals surface area contributed by atoms with E-state index >= 15 is 0 Å². The van der Waals surface area contributed by atoms with Crippen molar-refractivity contribution in [3.63, 3.8) is 0 Å². The third-order valence-corrected chi connectivity index (χ3v) is 4.83. The van der Waals surface area contributed by atoms with Gasteiger partial charge in [0.15, 0.2) is 0 Å². The van der Waals surface area contributed by atoms with Gasteiger partial charge in [-0.1, -0.05) is 11.6 Å². The van der Waals surface area contributed by atoms with E-state index in [0.717, 1.165) is 32.2 Å². The summed E-state index contributed by atoms with van der Waals surface area (Å²) in [5, 5.41) is 10.2. The summed E-state index contributed by atoms with van der Waals surface area (Å²) in [5.41, 5.74) is 1.30. The van der Waals surface area contributed by atoms with Crippen molar-refractivity contribution in [2.75, 3.05) is 6.54 Å². The number of furan rings is 1. The van der Waals surface area contributed by atoms with Crippen LogP contribution in [0.3, 0.4) is 0 Å². The Hall–Kier alpha value is -1.55. The van der Waals surface area contributed by atoms with Gasteiger partial charge in [-0.3, -0.25) is 4.79 Å². The fraction of sp³-hybridized carbons (Fsp3) is 0.611. The molecule has 1 aliphatic heterocycles. The molecule has 3 rings (SSSR count). The molecule has 0 bridgehead atoms. The molecule has 2 heterocycles. The molecule has 4 nitrogen and oxygen atoms in total. The van der Waals surface area contributed by atoms with E-state index in [1.54, 1.807) is 18.4 Å². The lowest BCUT2D eigenvalue weighted by Crippen LogP contribution is -2.36. The van der Waals surface area contributed by atoms with Crippen molar-refractivity contribution < 1.29 is 14.3 Å². The summed E-state index contributed by atoms with van der Waals surface area (Å²) in [6.07, 6.45) is 11.0. The Morgan fingerprint density at radius 3 is 3.05 bits per heavy atom. The predicted octanol–water partition coefficient (Wildman–Crippen LogP) is 3.58. The molecular formula is C18H25NO3. The zero-order valence-electron chi connectivity index (χ0n) is 13.0. The normalized spacial score (nSPS) is 23.4. The summed E-state index contributed by atoms with van der Waals surface area (Å²) < 4.78 is 5.26. The van der Waals surface area contributed by atoms with Crippen LogP contribution >= 0.6 is 0 Å². The average Bonchev–Trinajstić information content (AvgIpc) is 3.19. The second kappa shape index (κ2) is 7.14. The van der Waals surface area contributed by atoms with Gasteiger partial charge in [-0.25, -0.2) is 0 Å². The smallest absolute Gasteiger partial charge is 0.226 e. The lowest BCUT2D eigenvalue weighted by atomic mass is 9.96. The zero-order chi connectivity index (χ0) is 15.4. The highest BCUT2D eigenvalue weighted by molar-refractivity contribution is 5.79. The van der Waals surface area contributed by atoms with Gasteiger partial charge in [0.2, 0.25) is 5.91 Å². The summed E-state index contributed by atoms with van der Waals surface area (Å²) in [7, 11) is 0. The number of hydrogen-bond acceptors (Lipinski definition) is 3. The van der Waals surface area contributed by atoms with Crippen LogP contribution in [0.1, 0.15) is 63.2 Å². The van der Waals surface area contributed by atoms with Crippen molar-refractivity contribution in [1.82, 2.24) is 4.90 Å². The fourth-order valence-corrected chi connectivity index (χ4v) is 3.62. The number of rotatable bonds is 5. The number of carbonyl (C=O) groups excluding carboxylic acids is 1. The van der Waals surface area contributed by atoms with Crippen molar-refractivity contribution in [2.45, 2.75) is 63.5 Å². The van der Waals surface area contributed by atoms with Crippen LogP contribution in [0.25, 0.3) is 0 Å². The Labute approximate surface area is 131 Å². The van der Waals surface area contributed by atoms with Gasteiger partial charge in [0, 0.05) is 25.4 Å². The van der Waals surface area contributed by atoms with E-state index < -0.39 is 6.10 Å². The summed E-state index contributed by atoms with van der Waals surface area (Å²) in [6, 6.07) is 3.71. The van der Waals surface area contributed by atoms with E-state index in [0.29, 0.717) is 18.6 Å². The molecular weight excluding hydrogens is 278 g/mol. The first kappa shape index (κ1) is 15.3. The molecule has 120 valence electrons. The molecule has 0 spiro atoms. The maximum Gasteiger partial charge on any atom is 0.226 e. The molecule has 0 radical (unpaired) electrons. The maximum atomic E-state index is 12.6. The largest absolute Gasteiger partial charge is 0.467 e. The molecule has 1 aromatic rings. The number of hydrogen-bond donors (Lipinski definition) is 1. The molecule has 1 N–H and O–H groups in total. The third kappa shape index (κ3) is 3.61. The molecule has 0 saturated carbocycles. The molecule has 0 unspecified atom stereocenters. The van der Waals surface area contributed by atoms with Crippen LogP contribution in [0.2, 0.25) is 0 Å². The predicted molar refractivity (Wildman–Crippen MR) is 84.2 cm³/mol. The molecule has 4 heteroatoms. The number of allylic oxidation sites excluding steroid dienone is 1. The Morgan fingerprint density at radius 1 is 1.41 bits per heavy atom. The highest BCUT2D eigenvalue weighted by atomic mass is 16.4. The highest BCUT2D eigenvalue weighted by Crippen LogP contribution is 2.29. The Kier molecular flexibility index (Phi) is 4.98. The van der Waals surface area contributed by atoms with Gasteiger partial charge in [0.1, 0.15) is 11.9 Å². The number of amides is 1. The van der Waals surface area contributed by atoms with Crippen LogP contribution in [-0.4, -0.2) is 28.5 Å². The fourth-order valence-electron chi connectivity index (χ4n) is 3.62. The molecule has 0 aromatic carbocycles. The second-order valence-corrected chi connectivity index (χ2v) is 6.44. The van der Waals surface area contributed by atoms with Crippen LogP contribution < -0.4 is 0 Å². The topological polar surface area (TPSA) is 53.7 Å². The van der Waals surface area contributed by atoms with E-state index in [1.165, 1.54) is 18.4 Å². The monoisotopic (exact) mass is 303 g/mol. The van der Waals surface area contributed by atoms with E-state index in [1.807, 2.05) is 4.90 Å². The SMILES string of the molecule is O=C(CC1=CCCCC1)N1CCC[C@@H]1C[C@H](O)c1ccco1. The van der Waals surface area contributed by atoms with Crippen molar-refractivity contribution in [3.05, 3.63) is 35.8 Å². The molecule has 1 aliphatic carbocycles. The summed E-state index contributed by atoms with van der Waals surface area (Å²) in [5.74, 6) is 0.816. The standard InChI is InChI=1S/C18H25NO3/c20-16(17-9-5-11-22-17)13-15-8-4-10-19(15)18(21)12-14-6-2-1-3-7-14/h5-6,9,11,15-16,20H,1-4,7-8,10,12-13H2/t15-,16+/m1/s1. The van der Waals surface area contributed by atoms with Crippen molar-refractivity contribution in [3.8, 4) is 0 Å². The van der Waals surface area contributed by atoms with E-state index in [4.69, 9.17) is 4.42 Å². The summed E-state index contributed by atoms with van der Waals surface area (Å²) in [4.78, 5) is 14.5. The van der Waals surface area contributed by atoms with Crippen LogP contribution in [0, 0.1) is 0 Å². The Bertz CT molecular complexity index is 520. The first-order valence-electron chi connectivity index (χ1n) is 8.43. The van der Waals surface area contributed by atoms with Gasteiger partial charge >= 0.3 is 0 Å². The molecule has 1 aromatic heterocycles. The minimum atomic E-state index is -0.623. The van der Waals surface area contributed by atoms with E-state index in [9.17, 15) is 9.90 Å². The molecule has 2 aliphatic rings. The minimum Gasteiger partial charge on any atom is -0.467 e. The zero-order valence-corrected chi connectivity index (χ0v) is 13.0. The highest BCUT2D eigenvalue weighted by Gasteiger charge is 2.31. The van der Waals surface area contributed by atoms with E-state index in [-0.39, 0.29) is 11.9 Å². The number of likely N-dealkylation sites (tertiary alicyclic amines) is 1. The number of carbonyl (C=O) groups is 1. The summed E-state index contributed by atoms with van der Waals surface area (Å²) in [6.45, 7) is 0.821. The quantitative estimate of drug-likeness (QED) is 0.846. The lowest BCUT2D eigenvalue weighted by Gasteiger charge is -2.27. The molecule has 1 saturated heterocycles. The van der Waals surface area contributed by atoms with Gasteiger partial charge < -0.3 is 14.4 Å². The first-order valence-corrected chi connectivity index (χ1v) is 8.43. The van der Waals surface area contributed by atoms with Crippen molar-refractivity contribution in [2.24, 2.45) is 0 Å². The van der Waals surface area contributed by atoms with Gasteiger partial charge in [-0.15, -0.1) is 0 Å². The van der Waals surface area contributed by atoms with Crippen LogP contribution in [0.5, 0.6) is 0 Å². The van der Waals surface area contributed by atoms with Gasteiger partial charge in [-0.2, -0.15) is 0 Å². The third-order valence-electron chi connectivity index (χ3n) is 4.83. The molecule has 1 fully saturated rings. The Balaban J connectivity index is 1.57. The minimum absolute atomic E-state index is 0.136. The van der Waals surface area contributed by atoms with Gasteiger partial charge in [0.25, 0.3) is 0 Å². The molecule has 22 heavy (non-hydrogen) atoms. The van der Waals surface area contributed by atoms with Gasteiger partial charge in [-0.05, 0) is 50.7 Å². The van der Waals surface area contributed by atoms with Crippen LogP contribution in [-0.2, 0) is 4.79 Å². The summed E-state index contributed by atoms with van der Waals surface area (Å²) >= 11 is 0. The maximum absolute atomic E-state index is 12.6. The van der Waals surface area contributed by atoms with Gasteiger partial charge in [0.05, 0.1) is 6.26 Å². The number of aliphatic hydroxyl groups excluding tert-OH is 1. The molecule has 1 amide bonds. The Morgan fingerprint density at radius 2 is 2.32 bits per heavy atom.